The van der Waals surface area contributed by atoms with Gasteiger partial charge in [-0.15, -0.1) is 0 Å². The van der Waals surface area contributed by atoms with Crippen molar-refractivity contribution in [3.63, 3.8) is 0 Å². The molecule has 1 aromatic rings. The first-order chi connectivity index (χ1) is 7.38. The fraction of sp³-hybridized carbons (Fsp3) is 0.600. The fourth-order valence-electron chi connectivity index (χ4n) is 1.23. The van der Waals surface area contributed by atoms with Gasteiger partial charge in [-0.1, -0.05) is 0 Å². The van der Waals surface area contributed by atoms with Crippen LogP contribution in [0.5, 0.6) is 0 Å². The van der Waals surface area contributed by atoms with Crippen LogP contribution in [0.4, 0.5) is 13.2 Å². The monoisotopic (exact) mass is 236 g/mol. The Hall–Kier alpha value is -1.01. The Balaban J connectivity index is 2.27. The number of rotatable bonds is 5. The number of aromatic nitrogens is 1. The molecule has 6 heteroatoms. The van der Waals surface area contributed by atoms with Gasteiger partial charge < -0.3 is 15.0 Å². The second-order valence-electron chi connectivity index (χ2n) is 3.64. The lowest BCUT2D eigenvalue weighted by atomic mass is 10.2. The highest BCUT2D eigenvalue weighted by Gasteiger charge is 2.27. The number of hydrogen-bond acceptors (Lipinski definition) is 2. The predicted octanol–water partition coefficient (Wildman–Crippen LogP) is 2.09. The second kappa shape index (κ2) is 5.36. The molecule has 0 radical (unpaired) electrons. The molecule has 1 heterocycles. The maximum atomic E-state index is 11.7. The number of nitrogens with zero attached hydrogens (tertiary/aromatic N) is 1. The first-order valence-electron chi connectivity index (χ1n) is 4.94. The Morgan fingerprint density at radius 2 is 2.19 bits per heavy atom. The summed E-state index contributed by atoms with van der Waals surface area (Å²) < 4.78 is 41.5. The molecule has 1 unspecified atom stereocenters. The number of alkyl halides is 3. The standard InChI is InChI=1S/C10H15F3N2O/c1-8(14)9-2-3-15(6-9)4-5-16-7-10(11,12)13/h2-3,6,8H,4-5,7,14H2,1H3. The van der Waals surface area contributed by atoms with Crippen LogP contribution in [0.15, 0.2) is 18.5 Å². The van der Waals surface area contributed by atoms with Crippen molar-refractivity contribution in [2.24, 2.45) is 5.73 Å². The third kappa shape index (κ3) is 4.67. The van der Waals surface area contributed by atoms with E-state index >= 15 is 0 Å². The minimum atomic E-state index is -4.26. The van der Waals surface area contributed by atoms with Crippen LogP contribution in [0.2, 0.25) is 0 Å². The molecule has 16 heavy (non-hydrogen) atoms. The van der Waals surface area contributed by atoms with Crippen LogP contribution in [-0.4, -0.2) is 24.0 Å². The summed E-state index contributed by atoms with van der Waals surface area (Å²) in [7, 11) is 0. The van der Waals surface area contributed by atoms with Gasteiger partial charge in [0, 0.05) is 25.0 Å². The van der Waals surface area contributed by atoms with E-state index < -0.39 is 12.8 Å². The molecule has 0 saturated heterocycles. The van der Waals surface area contributed by atoms with E-state index in [9.17, 15) is 13.2 Å². The van der Waals surface area contributed by atoms with Crippen molar-refractivity contribution in [2.75, 3.05) is 13.2 Å². The Morgan fingerprint density at radius 1 is 1.50 bits per heavy atom. The summed E-state index contributed by atoms with van der Waals surface area (Å²) >= 11 is 0. The first-order valence-corrected chi connectivity index (χ1v) is 4.94. The first kappa shape index (κ1) is 13.1. The summed E-state index contributed by atoms with van der Waals surface area (Å²) in [5.74, 6) is 0. The lowest BCUT2D eigenvalue weighted by Crippen LogP contribution is -2.18. The van der Waals surface area contributed by atoms with Gasteiger partial charge in [-0.3, -0.25) is 0 Å². The molecule has 0 bridgehead atoms. The van der Waals surface area contributed by atoms with Crippen LogP contribution in [0.3, 0.4) is 0 Å². The van der Waals surface area contributed by atoms with Crippen LogP contribution in [0.1, 0.15) is 18.5 Å². The van der Waals surface area contributed by atoms with Gasteiger partial charge in [0.2, 0.25) is 0 Å². The Kier molecular flexibility index (Phi) is 4.37. The van der Waals surface area contributed by atoms with Gasteiger partial charge in [0.1, 0.15) is 6.61 Å². The molecule has 1 aromatic heterocycles. The molecule has 92 valence electrons. The SMILES string of the molecule is CC(N)c1ccn(CCOCC(F)(F)F)c1. The summed E-state index contributed by atoms with van der Waals surface area (Å²) in [6.07, 6.45) is -0.676. The number of nitrogens with two attached hydrogens (primary N) is 1. The second-order valence-corrected chi connectivity index (χ2v) is 3.64. The van der Waals surface area contributed by atoms with Gasteiger partial charge in [-0.25, -0.2) is 0 Å². The van der Waals surface area contributed by atoms with E-state index in [-0.39, 0.29) is 12.6 Å². The minimum Gasteiger partial charge on any atom is -0.370 e. The summed E-state index contributed by atoms with van der Waals surface area (Å²) in [4.78, 5) is 0. The summed E-state index contributed by atoms with van der Waals surface area (Å²) in [5, 5.41) is 0. The van der Waals surface area contributed by atoms with Gasteiger partial charge in [-0.2, -0.15) is 13.2 Å². The number of ether oxygens (including phenoxy) is 1. The molecule has 0 aliphatic heterocycles. The minimum absolute atomic E-state index is 0.0343. The lowest BCUT2D eigenvalue weighted by Gasteiger charge is -2.08. The Labute approximate surface area is 92.0 Å². The quantitative estimate of drug-likeness (QED) is 0.795. The molecule has 1 atom stereocenters. The lowest BCUT2D eigenvalue weighted by molar-refractivity contribution is -0.174. The molecule has 0 aromatic carbocycles. The van der Waals surface area contributed by atoms with E-state index in [4.69, 9.17) is 5.73 Å². The van der Waals surface area contributed by atoms with E-state index in [0.717, 1.165) is 5.56 Å². The van der Waals surface area contributed by atoms with E-state index in [1.54, 1.807) is 10.8 Å². The molecule has 0 saturated carbocycles. The van der Waals surface area contributed by atoms with Gasteiger partial charge in [0.25, 0.3) is 0 Å². The molecule has 0 fully saturated rings. The normalized spacial score (nSPS) is 14.1. The van der Waals surface area contributed by atoms with Gasteiger partial charge in [0.05, 0.1) is 6.61 Å². The van der Waals surface area contributed by atoms with Crippen molar-refractivity contribution in [3.8, 4) is 0 Å². The molecule has 3 nitrogen and oxygen atoms in total. The van der Waals surface area contributed by atoms with E-state index in [0.29, 0.717) is 6.54 Å². The van der Waals surface area contributed by atoms with Crippen LogP contribution < -0.4 is 5.73 Å². The van der Waals surface area contributed by atoms with Crippen molar-refractivity contribution in [3.05, 3.63) is 24.0 Å². The Morgan fingerprint density at radius 3 is 2.69 bits per heavy atom. The van der Waals surface area contributed by atoms with Crippen LogP contribution in [0.25, 0.3) is 0 Å². The van der Waals surface area contributed by atoms with Crippen LogP contribution in [-0.2, 0) is 11.3 Å². The third-order valence-corrected chi connectivity index (χ3v) is 2.06. The summed E-state index contributed by atoms with van der Waals surface area (Å²) in [6.45, 7) is 1.07. The van der Waals surface area contributed by atoms with Crippen molar-refractivity contribution >= 4 is 0 Å². The highest BCUT2D eigenvalue weighted by molar-refractivity contribution is 5.13. The largest absolute Gasteiger partial charge is 0.411 e. The maximum absolute atomic E-state index is 11.7. The van der Waals surface area contributed by atoms with E-state index in [1.165, 1.54) is 0 Å². The van der Waals surface area contributed by atoms with Gasteiger partial charge in [0.15, 0.2) is 0 Å². The highest BCUT2D eigenvalue weighted by atomic mass is 19.4. The topological polar surface area (TPSA) is 40.2 Å². The molecule has 0 spiro atoms. The summed E-state index contributed by atoms with van der Waals surface area (Å²) in [6, 6.07) is 1.77. The molecule has 1 rings (SSSR count). The Bertz CT molecular complexity index is 320. The maximum Gasteiger partial charge on any atom is 0.411 e. The third-order valence-electron chi connectivity index (χ3n) is 2.06. The van der Waals surface area contributed by atoms with E-state index in [2.05, 4.69) is 4.74 Å². The molecule has 0 aliphatic carbocycles. The van der Waals surface area contributed by atoms with Crippen molar-refractivity contribution in [1.29, 1.82) is 0 Å². The smallest absolute Gasteiger partial charge is 0.370 e. The van der Waals surface area contributed by atoms with Crippen molar-refractivity contribution in [1.82, 2.24) is 4.57 Å². The molecule has 0 aliphatic rings. The van der Waals surface area contributed by atoms with E-state index in [1.807, 2.05) is 19.2 Å². The zero-order valence-corrected chi connectivity index (χ0v) is 9.00. The van der Waals surface area contributed by atoms with Crippen molar-refractivity contribution < 1.29 is 17.9 Å². The highest BCUT2D eigenvalue weighted by Crippen LogP contribution is 2.14. The summed E-state index contributed by atoms with van der Waals surface area (Å²) in [5.41, 5.74) is 6.60. The fourth-order valence-corrected chi connectivity index (χ4v) is 1.23. The molecular weight excluding hydrogens is 221 g/mol. The number of halogens is 3. The van der Waals surface area contributed by atoms with Gasteiger partial charge >= 0.3 is 6.18 Å². The zero-order valence-electron chi connectivity index (χ0n) is 9.00. The molecular formula is C10H15F3N2O. The van der Waals surface area contributed by atoms with Gasteiger partial charge in [-0.05, 0) is 18.6 Å². The molecule has 0 amide bonds. The van der Waals surface area contributed by atoms with Crippen molar-refractivity contribution in [2.45, 2.75) is 25.7 Å². The van der Waals surface area contributed by atoms with Crippen LogP contribution >= 0.6 is 0 Å². The zero-order chi connectivity index (χ0) is 12.2. The molecule has 2 N–H and O–H groups in total. The van der Waals surface area contributed by atoms with Crippen LogP contribution in [0, 0.1) is 0 Å². The average Bonchev–Trinajstić information content (AvgIpc) is 2.59. The predicted molar refractivity (Wildman–Crippen MR) is 53.9 cm³/mol. The number of hydrogen-bond donors (Lipinski definition) is 1. The average molecular weight is 236 g/mol.